The molecular formula is C10H18F2O2. The highest BCUT2D eigenvalue weighted by Crippen LogP contribution is 2.37. The molecule has 1 fully saturated rings. The van der Waals surface area contributed by atoms with Crippen molar-refractivity contribution in [1.82, 2.24) is 0 Å². The highest BCUT2D eigenvalue weighted by Gasteiger charge is 2.47. The zero-order chi connectivity index (χ0) is 11.0. The molecule has 4 heteroatoms. The molecule has 1 aliphatic heterocycles. The summed E-state index contributed by atoms with van der Waals surface area (Å²) in [5.41, 5.74) is 0. The molecule has 0 aliphatic carbocycles. The van der Waals surface area contributed by atoms with Crippen LogP contribution in [-0.2, 0) is 9.47 Å². The van der Waals surface area contributed by atoms with Gasteiger partial charge in [0.05, 0.1) is 6.10 Å². The first kappa shape index (κ1) is 11.9. The summed E-state index contributed by atoms with van der Waals surface area (Å²) in [7, 11) is 0. The summed E-state index contributed by atoms with van der Waals surface area (Å²) in [6.07, 6.45) is -1.49. The molecule has 2 nitrogen and oxygen atoms in total. The van der Waals surface area contributed by atoms with Crippen LogP contribution in [0, 0.1) is 0 Å². The maximum absolute atomic E-state index is 13.5. The summed E-state index contributed by atoms with van der Waals surface area (Å²) in [5.74, 6) is -3.71. The standard InChI is InChI=1S/C10H18F2O2/c1-5-8-10(11,12)6-7(2)13-9(3,4)14-8/h7-8H,5-6H2,1-4H3. The Morgan fingerprint density at radius 1 is 1.29 bits per heavy atom. The van der Waals surface area contributed by atoms with Gasteiger partial charge in [-0.1, -0.05) is 6.92 Å². The van der Waals surface area contributed by atoms with Crippen LogP contribution in [0.3, 0.4) is 0 Å². The van der Waals surface area contributed by atoms with Crippen LogP contribution in [0.25, 0.3) is 0 Å². The summed E-state index contributed by atoms with van der Waals surface area (Å²) >= 11 is 0. The van der Waals surface area contributed by atoms with E-state index < -0.39 is 23.9 Å². The number of hydrogen-bond acceptors (Lipinski definition) is 2. The van der Waals surface area contributed by atoms with Crippen LogP contribution in [0.5, 0.6) is 0 Å². The van der Waals surface area contributed by atoms with Gasteiger partial charge in [-0.15, -0.1) is 0 Å². The fourth-order valence-corrected chi connectivity index (χ4v) is 1.88. The van der Waals surface area contributed by atoms with E-state index in [1.165, 1.54) is 0 Å². The quantitative estimate of drug-likeness (QED) is 0.659. The van der Waals surface area contributed by atoms with Crippen LogP contribution < -0.4 is 0 Å². The molecular weight excluding hydrogens is 190 g/mol. The van der Waals surface area contributed by atoms with Gasteiger partial charge >= 0.3 is 0 Å². The Morgan fingerprint density at radius 3 is 2.36 bits per heavy atom. The van der Waals surface area contributed by atoms with Gasteiger partial charge in [-0.3, -0.25) is 0 Å². The van der Waals surface area contributed by atoms with Crippen molar-refractivity contribution in [3.05, 3.63) is 0 Å². The summed E-state index contributed by atoms with van der Waals surface area (Å²) in [6, 6.07) is 0. The first-order valence-corrected chi connectivity index (χ1v) is 5.00. The van der Waals surface area contributed by atoms with E-state index in [1.807, 2.05) is 0 Å². The van der Waals surface area contributed by atoms with Crippen molar-refractivity contribution < 1.29 is 18.3 Å². The summed E-state index contributed by atoms with van der Waals surface area (Å²) in [6.45, 7) is 6.70. The topological polar surface area (TPSA) is 18.5 Å². The van der Waals surface area contributed by atoms with Gasteiger partial charge in [0.2, 0.25) is 0 Å². The Hall–Kier alpha value is -0.220. The van der Waals surface area contributed by atoms with Gasteiger partial charge in [-0.05, 0) is 27.2 Å². The largest absolute Gasteiger partial charge is 0.347 e. The fourth-order valence-electron chi connectivity index (χ4n) is 1.88. The monoisotopic (exact) mass is 208 g/mol. The van der Waals surface area contributed by atoms with Crippen LogP contribution in [0.1, 0.15) is 40.5 Å². The maximum atomic E-state index is 13.5. The Balaban J connectivity index is 2.85. The molecule has 0 saturated carbocycles. The number of halogens is 2. The first-order chi connectivity index (χ1) is 6.27. The summed E-state index contributed by atoms with van der Waals surface area (Å²) in [5, 5.41) is 0. The number of rotatable bonds is 1. The van der Waals surface area contributed by atoms with Crippen molar-refractivity contribution in [3.8, 4) is 0 Å². The Labute approximate surface area is 83.6 Å². The molecule has 1 heterocycles. The van der Waals surface area contributed by atoms with Crippen LogP contribution >= 0.6 is 0 Å². The molecule has 2 unspecified atom stereocenters. The molecule has 0 radical (unpaired) electrons. The maximum Gasteiger partial charge on any atom is 0.276 e. The molecule has 1 rings (SSSR count). The zero-order valence-electron chi connectivity index (χ0n) is 9.14. The predicted molar refractivity (Wildman–Crippen MR) is 49.4 cm³/mol. The summed E-state index contributed by atoms with van der Waals surface area (Å²) < 4.78 is 37.7. The Kier molecular flexibility index (Phi) is 3.17. The van der Waals surface area contributed by atoms with Gasteiger partial charge in [0.1, 0.15) is 6.10 Å². The van der Waals surface area contributed by atoms with Crippen molar-refractivity contribution in [3.63, 3.8) is 0 Å². The molecule has 14 heavy (non-hydrogen) atoms. The molecule has 0 aromatic rings. The highest BCUT2D eigenvalue weighted by molar-refractivity contribution is 4.84. The Bertz CT molecular complexity index is 204. The van der Waals surface area contributed by atoms with Gasteiger partial charge in [0.25, 0.3) is 5.92 Å². The minimum Gasteiger partial charge on any atom is -0.347 e. The van der Waals surface area contributed by atoms with E-state index in [0.29, 0.717) is 6.42 Å². The molecule has 0 spiro atoms. The number of hydrogen-bond donors (Lipinski definition) is 0. The lowest BCUT2D eigenvalue weighted by molar-refractivity contribution is -0.255. The van der Waals surface area contributed by atoms with Gasteiger partial charge in [0.15, 0.2) is 5.79 Å². The van der Waals surface area contributed by atoms with Crippen molar-refractivity contribution >= 4 is 0 Å². The summed E-state index contributed by atoms with van der Waals surface area (Å²) in [4.78, 5) is 0. The minimum absolute atomic E-state index is 0.269. The normalized spacial score (nSPS) is 36.4. The third kappa shape index (κ3) is 2.64. The van der Waals surface area contributed by atoms with Crippen molar-refractivity contribution in [2.75, 3.05) is 0 Å². The molecule has 0 aromatic carbocycles. The molecule has 84 valence electrons. The van der Waals surface area contributed by atoms with Crippen LogP contribution in [0.15, 0.2) is 0 Å². The molecule has 0 N–H and O–H groups in total. The lowest BCUT2D eigenvalue weighted by atomic mass is 10.0. The average Bonchev–Trinajstić information content (AvgIpc) is 2.03. The van der Waals surface area contributed by atoms with Crippen LogP contribution in [-0.4, -0.2) is 23.9 Å². The van der Waals surface area contributed by atoms with Gasteiger partial charge in [0, 0.05) is 6.42 Å². The van der Waals surface area contributed by atoms with E-state index in [0.717, 1.165) is 0 Å². The molecule has 0 bridgehead atoms. The van der Waals surface area contributed by atoms with Crippen LogP contribution in [0.4, 0.5) is 8.78 Å². The average molecular weight is 208 g/mol. The predicted octanol–water partition coefficient (Wildman–Crippen LogP) is 2.96. The van der Waals surface area contributed by atoms with Gasteiger partial charge in [-0.25, -0.2) is 8.78 Å². The smallest absolute Gasteiger partial charge is 0.276 e. The third-order valence-electron chi connectivity index (χ3n) is 2.31. The molecule has 2 atom stereocenters. The Morgan fingerprint density at radius 2 is 1.86 bits per heavy atom. The van der Waals surface area contributed by atoms with E-state index >= 15 is 0 Å². The van der Waals surface area contributed by atoms with Gasteiger partial charge in [-0.2, -0.15) is 0 Å². The second kappa shape index (κ2) is 3.74. The van der Waals surface area contributed by atoms with Gasteiger partial charge < -0.3 is 9.47 Å². The van der Waals surface area contributed by atoms with Crippen molar-refractivity contribution in [2.45, 2.75) is 64.5 Å². The number of ether oxygens (including phenoxy) is 2. The van der Waals surface area contributed by atoms with Crippen molar-refractivity contribution in [2.24, 2.45) is 0 Å². The second-order valence-electron chi connectivity index (χ2n) is 4.31. The molecule has 1 saturated heterocycles. The van der Waals surface area contributed by atoms with E-state index in [2.05, 4.69) is 0 Å². The minimum atomic E-state index is -2.79. The number of alkyl halides is 2. The van der Waals surface area contributed by atoms with E-state index in [-0.39, 0.29) is 6.42 Å². The van der Waals surface area contributed by atoms with E-state index in [1.54, 1.807) is 27.7 Å². The first-order valence-electron chi connectivity index (χ1n) is 5.00. The van der Waals surface area contributed by atoms with Crippen molar-refractivity contribution in [1.29, 1.82) is 0 Å². The third-order valence-corrected chi connectivity index (χ3v) is 2.31. The SMILES string of the molecule is CCC1OC(C)(C)OC(C)CC1(F)F. The highest BCUT2D eigenvalue weighted by atomic mass is 19.3. The zero-order valence-corrected chi connectivity index (χ0v) is 9.14. The molecule has 1 aliphatic rings. The van der Waals surface area contributed by atoms with Crippen LogP contribution in [0.2, 0.25) is 0 Å². The fraction of sp³-hybridized carbons (Fsp3) is 1.00. The van der Waals surface area contributed by atoms with E-state index in [4.69, 9.17) is 9.47 Å². The molecule has 0 aromatic heterocycles. The lowest BCUT2D eigenvalue weighted by Gasteiger charge is -2.29. The van der Waals surface area contributed by atoms with E-state index in [9.17, 15) is 8.78 Å². The lowest BCUT2D eigenvalue weighted by Crippen LogP contribution is -2.39. The molecule has 0 amide bonds. The second-order valence-corrected chi connectivity index (χ2v) is 4.31.